The number of hydrogen-bond donors (Lipinski definition) is 2. The summed E-state index contributed by atoms with van der Waals surface area (Å²) < 4.78 is 0. The number of Topliss-reactive ketones (excluding diaryl/α,β-unsaturated/α-hetero) is 1. The third-order valence-corrected chi connectivity index (χ3v) is 4.16. The van der Waals surface area contributed by atoms with E-state index < -0.39 is 0 Å². The van der Waals surface area contributed by atoms with E-state index in [9.17, 15) is 9.59 Å². The highest BCUT2D eigenvalue weighted by atomic mass is 16.2. The molecule has 2 aromatic carbocycles. The van der Waals surface area contributed by atoms with E-state index in [1.165, 1.54) is 6.92 Å². The van der Waals surface area contributed by atoms with Gasteiger partial charge in [0.05, 0.1) is 0 Å². The van der Waals surface area contributed by atoms with Gasteiger partial charge in [0.15, 0.2) is 17.3 Å². The fourth-order valence-corrected chi connectivity index (χ4v) is 2.67. The lowest BCUT2D eigenvalue weighted by atomic mass is 10.1. The molecule has 3 rings (SSSR count). The van der Waals surface area contributed by atoms with Crippen molar-refractivity contribution in [2.45, 2.75) is 20.8 Å². The molecule has 136 valence electrons. The van der Waals surface area contributed by atoms with Crippen LogP contribution < -0.4 is 10.6 Å². The first-order valence-electron chi connectivity index (χ1n) is 8.53. The van der Waals surface area contributed by atoms with E-state index >= 15 is 0 Å². The van der Waals surface area contributed by atoms with Gasteiger partial charge in [-0.2, -0.15) is 0 Å². The highest BCUT2D eigenvalue weighted by Gasteiger charge is 2.11. The molecule has 0 saturated carbocycles. The molecule has 0 atom stereocenters. The summed E-state index contributed by atoms with van der Waals surface area (Å²) in [5.41, 5.74) is 4.44. The molecule has 1 aromatic heterocycles. The van der Waals surface area contributed by atoms with Crippen molar-refractivity contribution >= 4 is 28.9 Å². The summed E-state index contributed by atoms with van der Waals surface area (Å²) in [6, 6.07) is 16.1. The summed E-state index contributed by atoms with van der Waals surface area (Å²) >= 11 is 0. The average Bonchev–Trinajstić information content (AvgIpc) is 2.65. The Morgan fingerprint density at radius 2 is 1.59 bits per heavy atom. The summed E-state index contributed by atoms with van der Waals surface area (Å²) in [6.07, 6.45) is 0. The molecular formula is C21H20N4O2. The number of carbonyl (C=O) groups is 2. The van der Waals surface area contributed by atoms with Gasteiger partial charge >= 0.3 is 0 Å². The van der Waals surface area contributed by atoms with Crippen LogP contribution in [0.3, 0.4) is 0 Å². The predicted molar refractivity (Wildman–Crippen MR) is 106 cm³/mol. The second-order valence-corrected chi connectivity index (χ2v) is 6.29. The molecule has 1 amide bonds. The number of para-hydroxylation sites is 1. The first kappa shape index (κ1) is 18.3. The molecule has 0 spiro atoms. The number of hydrogen-bond acceptors (Lipinski definition) is 5. The van der Waals surface area contributed by atoms with E-state index in [1.54, 1.807) is 36.4 Å². The van der Waals surface area contributed by atoms with E-state index in [2.05, 4.69) is 20.8 Å². The molecule has 0 radical (unpaired) electrons. The van der Waals surface area contributed by atoms with Gasteiger partial charge < -0.3 is 10.6 Å². The number of ketones is 1. The average molecular weight is 360 g/mol. The Labute approximate surface area is 157 Å². The van der Waals surface area contributed by atoms with Crippen LogP contribution in [0.4, 0.5) is 17.2 Å². The molecule has 0 bridgehead atoms. The predicted octanol–water partition coefficient (Wildman–Crippen LogP) is 4.29. The number of aromatic nitrogens is 2. The lowest BCUT2D eigenvalue weighted by Gasteiger charge is -2.11. The zero-order valence-corrected chi connectivity index (χ0v) is 15.4. The number of nitrogens with one attached hydrogen (secondary N) is 2. The third kappa shape index (κ3) is 4.36. The second kappa shape index (κ2) is 7.78. The zero-order valence-electron chi connectivity index (χ0n) is 15.4. The SMILES string of the molecule is CC(=O)c1cccc(NC(=O)c2ccc(Nc3c(C)cccc3C)nn2)c1. The fraction of sp³-hybridized carbons (Fsp3) is 0.143. The van der Waals surface area contributed by atoms with Crippen LogP contribution >= 0.6 is 0 Å². The smallest absolute Gasteiger partial charge is 0.276 e. The van der Waals surface area contributed by atoms with Gasteiger partial charge in [-0.1, -0.05) is 30.3 Å². The number of anilines is 3. The van der Waals surface area contributed by atoms with Gasteiger partial charge in [0.1, 0.15) is 0 Å². The van der Waals surface area contributed by atoms with Crippen molar-refractivity contribution in [3.63, 3.8) is 0 Å². The summed E-state index contributed by atoms with van der Waals surface area (Å²) in [5.74, 6) is 0.108. The number of rotatable bonds is 5. The van der Waals surface area contributed by atoms with Crippen LogP contribution in [0.15, 0.2) is 54.6 Å². The Morgan fingerprint density at radius 3 is 2.22 bits per heavy atom. The number of carbonyl (C=O) groups excluding carboxylic acids is 2. The Morgan fingerprint density at radius 1 is 0.889 bits per heavy atom. The van der Waals surface area contributed by atoms with E-state index in [0.717, 1.165) is 16.8 Å². The van der Waals surface area contributed by atoms with Crippen molar-refractivity contribution in [2.24, 2.45) is 0 Å². The highest BCUT2D eigenvalue weighted by Crippen LogP contribution is 2.23. The van der Waals surface area contributed by atoms with Crippen LogP contribution in [0.2, 0.25) is 0 Å². The van der Waals surface area contributed by atoms with Gasteiger partial charge in [-0.15, -0.1) is 10.2 Å². The largest absolute Gasteiger partial charge is 0.338 e. The molecule has 0 aliphatic heterocycles. The number of amides is 1. The Kier molecular flexibility index (Phi) is 5.26. The van der Waals surface area contributed by atoms with Crippen molar-refractivity contribution in [2.75, 3.05) is 10.6 Å². The van der Waals surface area contributed by atoms with Crippen molar-refractivity contribution in [1.82, 2.24) is 10.2 Å². The Bertz CT molecular complexity index is 977. The minimum atomic E-state index is -0.387. The number of benzene rings is 2. The monoisotopic (exact) mass is 360 g/mol. The highest BCUT2D eigenvalue weighted by molar-refractivity contribution is 6.03. The van der Waals surface area contributed by atoms with Crippen LogP contribution in [0.5, 0.6) is 0 Å². The quantitative estimate of drug-likeness (QED) is 0.663. The minimum absolute atomic E-state index is 0.0622. The maximum atomic E-state index is 12.4. The van der Waals surface area contributed by atoms with Gasteiger partial charge in [-0.05, 0) is 56.2 Å². The van der Waals surface area contributed by atoms with Crippen LogP contribution in [0.25, 0.3) is 0 Å². The number of nitrogens with zero attached hydrogens (tertiary/aromatic N) is 2. The fourth-order valence-electron chi connectivity index (χ4n) is 2.67. The van der Waals surface area contributed by atoms with Crippen LogP contribution in [-0.4, -0.2) is 21.9 Å². The lowest BCUT2D eigenvalue weighted by Crippen LogP contribution is -2.15. The molecule has 0 unspecified atom stereocenters. The molecule has 0 fully saturated rings. The molecule has 0 aliphatic carbocycles. The topological polar surface area (TPSA) is 84.0 Å². The molecular weight excluding hydrogens is 340 g/mol. The van der Waals surface area contributed by atoms with Crippen molar-refractivity contribution < 1.29 is 9.59 Å². The summed E-state index contributed by atoms with van der Waals surface area (Å²) in [4.78, 5) is 23.8. The van der Waals surface area contributed by atoms with E-state index in [-0.39, 0.29) is 17.4 Å². The van der Waals surface area contributed by atoms with Gasteiger partial charge in [-0.25, -0.2) is 0 Å². The third-order valence-electron chi connectivity index (χ3n) is 4.16. The van der Waals surface area contributed by atoms with E-state index in [0.29, 0.717) is 17.1 Å². The van der Waals surface area contributed by atoms with Gasteiger partial charge in [-0.3, -0.25) is 9.59 Å². The lowest BCUT2D eigenvalue weighted by molar-refractivity contribution is 0.100. The molecule has 3 aromatic rings. The molecule has 6 heteroatoms. The van der Waals surface area contributed by atoms with Crippen LogP contribution in [-0.2, 0) is 0 Å². The first-order valence-corrected chi connectivity index (χ1v) is 8.53. The van der Waals surface area contributed by atoms with Crippen LogP contribution in [0.1, 0.15) is 38.9 Å². The summed E-state index contributed by atoms with van der Waals surface area (Å²) in [6.45, 7) is 5.51. The van der Waals surface area contributed by atoms with Gasteiger partial charge in [0, 0.05) is 16.9 Å². The Balaban J connectivity index is 1.72. The minimum Gasteiger partial charge on any atom is -0.338 e. The standard InChI is InChI=1S/C21H20N4O2/c1-13-6-4-7-14(2)20(13)23-19-11-10-18(24-25-19)21(27)22-17-9-5-8-16(12-17)15(3)26/h4-12H,1-3H3,(H,22,27)(H,23,25). The number of aryl methyl sites for hydroxylation is 2. The normalized spacial score (nSPS) is 10.3. The Hall–Kier alpha value is -3.54. The van der Waals surface area contributed by atoms with Gasteiger partial charge in [0.25, 0.3) is 5.91 Å². The second-order valence-electron chi connectivity index (χ2n) is 6.29. The maximum absolute atomic E-state index is 12.4. The molecule has 1 heterocycles. The zero-order chi connectivity index (χ0) is 19.4. The van der Waals surface area contributed by atoms with Crippen molar-refractivity contribution in [3.8, 4) is 0 Å². The molecule has 27 heavy (non-hydrogen) atoms. The summed E-state index contributed by atoms with van der Waals surface area (Å²) in [5, 5.41) is 14.0. The van der Waals surface area contributed by atoms with Crippen molar-refractivity contribution in [3.05, 3.63) is 77.0 Å². The van der Waals surface area contributed by atoms with Crippen LogP contribution in [0, 0.1) is 13.8 Å². The first-order chi connectivity index (χ1) is 12.9. The van der Waals surface area contributed by atoms with E-state index in [4.69, 9.17) is 0 Å². The van der Waals surface area contributed by atoms with E-state index in [1.807, 2.05) is 32.0 Å². The molecule has 6 nitrogen and oxygen atoms in total. The van der Waals surface area contributed by atoms with Gasteiger partial charge in [0.2, 0.25) is 0 Å². The molecule has 0 saturated heterocycles. The molecule has 2 N–H and O–H groups in total. The van der Waals surface area contributed by atoms with Crippen molar-refractivity contribution in [1.29, 1.82) is 0 Å². The molecule has 0 aliphatic rings. The summed E-state index contributed by atoms with van der Waals surface area (Å²) in [7, 11) is 0. The maximum Gasteiger partial charge on any atom is 0.276 e.